The number of urea groups is 1. The van der Waals surface area contributed by atoms with Crippen LogP contribution in [0.15, 0.2) is 22.7 Å². The van der Waals surface area contributed by atoms with E-state index in [2.05, 4.69) is 21.2 Å². The normalized spacial score (nSPS) is 26.0. The highest BCUT2D eigenvalue weighted by Crippen LogP contribution is 2.29. The standard InChI is InChI=1S/C17H19BrClN3O4/c18-12-5-10(1-2-13(12)19)26-11-6-22(7-11)17(24)21-4-3-15-14(8-21)20-16(23)9-25-15/h1-2,5,11,14-15H,3-4,6-9H2,(H,20,23)/t14-,15+/m1/s1. The quantitative estimate of drug-likeness (QED) is 0.756. The second-order valence-electron chi connectivity index (χ2n) is 6.76. The summed E-state index contributed by atoms with van der Waals surface area (Å²) in [5.74, 6) is 0.605. The molecule has 3 saturated heterocycles. The number of nitrogens with zero attached hydrogens (tertiary/aromatic N) is 2. The molecule has 1 N–H and O–H groups in total. The van der Waals surface area contributed by atoms with Crippen molar-refractivity contribution in [3.8, 4) is 5.75 Å². The zero-order valence-corrected chi connectivity index (χ0v) is 16.3. The second-order valence-corrected chi connectivity index (χ2v) is 8.02. The van der Waals surface area contributed by atoms with Crippen molar-refractivity contribution in [3.63, 3.8) is 0 Å². The molecule has 3 amide bonds. The van der Waals surface area contributed by atoms with E-state index in [1.807, 2.05) is 12.1 Å². The van der Waals surface area contributed by atoms with Crippen LogP contribution in [0, 0.1) is 0 Å². The monoisotopic (exact) mass is 443 g/mol. The number of amides is 3. The lowest BCUT2D eigenvalue weighted by Crippen LogP contribution is -2.65. The van der Waals surface area contributed by atoms with Gasteiger partial charge in [-0.25, -0.2) is 4.79 Å². The van der Waals surface area contributed by atoms with Crippen molar-refractivity contribution in [1.29, 1.82) is 0 Å². The molecule has 3 heterocycles. The topological polar surface area (TPSA) is 71.1 Å². The minimum Gasteiger partial charge on any atom is -0.487 e. The molecule has 0 aromatic heterocycles. The zero-order valence-electron chi connectivity index (χ0n) is 14.0. The number of fused-ring (bicyclic) bond motifs is 1. The van der Waals surface area contributed by atoms with Gasteiger partial charge < -0.3 is 24.6 Å². The van der Waals surface area contributed by atoms with Gasteiger partial charge in [0, 0.05) is 17.6 Å². The van der Waals surface area contributed by atoms with Crippen LogP contribution >= 0.6 is 27.5 Å². The Morgan fingerprint density at radius 2 is 2.12 bits per heavy atom. The summed E-state index contributed by atoms with van der Waals surface area (Å²) in [7, 11) is 0. The van der Waals surface area contributed by atoms with E-state index in [1.165, 1.54) is 0 Å². The maximum atomic E-state index is 12.7. The molecule has 1 aromatic carbocycles. The molecule has 3 aliphatic rings. The number of piperidine rings is 1. The second kappa shape index (κ2) is 7.25. The smallest absolute Gasteiger partial charge is 0.320 e. The van der Waals surface area contributed by atoms with Crippen molar-refractivity contribution in [3.05, 3.63) is 27.7 Å². The first-order valence-electron chi connectivity index (χ1n) is 8.56. The van der Waals surface area contributed by atoms with Gasteiger partial charge in [-0.1, -0.05) is 11.6 Å². The van der Waals surface area contributed by atoms with Gasteiger partial charge in [0.1, 0.15) is 18.5 Å². The molecule has 1 aromatic rings. The summed E-state index contributed by atoms with van der Waals surface area (Å²) < 4.78 is 12.2. The van der Waals surface area contributed by atoms with Gasteiger partial charge in [-0.15, -0.1) is 0 Å². The largest absolute Gasteiger partial charge is 0.487 e. The van der Waals surface area contributed by atoms with E-state index in [0.717, 1.165) is 16.6 Å². The highest BCUT2D eigenvalue weighted by atomic mass is 79.9. The lowest BCUT2D eigenvalue weighted by molar-refractivity contribution is -0.139. The Balaban J connectivity index is 1.28. The van der Waals surface area contributed by atoms with Crippen LogP contribution in [0.5, 0.6) is 5.75 Å². The molecule has 0 spiro atoms. The SMILES string of the molecule is O=C1CO[C@H]2CCN(C(=O)N3CC(Oc4ccc(Cl)c(Br)c4)C3)C[C@H]2N1. The Morgan fingerprint density at radius 1 is 1.31 bits per heavy atom. The van der Waals surface area contributed by atoms with Gasteiger partial charge >= 0.3 is 6.03 Å². The molecule has 26 heavy (non-hydrogen) atoms. The number of hydrogen-bond donors (Lipinski definition) is 1. The molecule has 0 radical (unpaired) electrons. The van der Waals surface area contributed by atoms with Crippen LogP contribution in [0.25, 0.3) is 0 Å². The van der Waals surface area contributed by atoms with Crippen molar-refractivity contribution in [2.75, 3.05) is 32.8 Å². The molecule has 140 valence electrons. The Bertz CT molecular complexity index is 728. The number of morpholine rings is 1. The third-order valence-corrected chi connectivity index (χ3v) is 6.12. The number of benzene rings is 1. The highest BCUT2D eigenvalue weighted by Gasteiger charge is 2.40. The molecule has 0 aliphatic carbocycles. The zero-order chi connectivity index (χ0) is 18.3. The Labute approximate surface area is 164 Å². The summed E-state index contributed by atoms with van der Waals surface area (Å²) >= 11 is 9.35. The van der Waals surface area contributed by atoms with Crippen LogP contribution in [0.2, 0.25) is 5.02 Å². The highest BCUT2D eigenvalue weighted by molar-refractivity contribution is 9.10. The van der Waals surface area contributed by atoms with E-state index >= 15 is 0 Å². The van der Waals surface area contributed by atoms with Gasteiger partial charge in [0.2, 0.25) is 5.91 Å². The van der Waals surface area contributed by atoms with E-state index < -0.39 is 0 Å². The Morgan fingerprint density at radius 3 is 2.88 bits per heavy atom. The van der Waals surface area contributed by atoms with Crippen LogP contribution in [0.4, 0.5) is 4.79 Å². The van der Waals surface area contributed by atoms with E-state index in [-0.39, 0.29) is 36.8 Å². The summed E-state index contributed by atoms with van der Waals surface area (Å²) in [6.45, 7) is 2.34. The van der Waals surface area contributed by atoms with Crippen LogP contribution in [0.3, 0.4) is 0 Å². The van der Waals surface area contributed by atoms with Gasteiger partial charge in [0.15, 0.2) is 0 Å². The third kappa shape index (κ3) is 3.63. The van der Waals surface area contributed by atoms with Gasteiger partial charge in [-0.3, -0.25) is 4.79 Å². The van der Waals surface area contributed by atoms with Gasteiger partial charge in [-0.2, -0.15) is 0 Å². The summed E-state index contributed by atoms with van der Waals surface area (Å²) in [5.41, 5.74) is 0. The predicted octanol–water partition coefficient (Wildman–Crippen LogP) is 1.87. The molecule has 7 nitrogen and oxygen atoms in total. The third-order valence-electron chi connectivity index (χ3n) is 4.91. The number of carbonyl (C=O) groups is 2. The number of hydrogen-bond acceptors (Lipinski definition) is 4. The van der Waals surface area contributed by atoms with Gasteiger partial charge in [0.05, 0.1) is 30.3 Å². The maximum Gasteiger partial charge on any atom is 0.320 e. The number of rotatable bonds is 2. The van der Waals surface area contributed by atoms with Crippen molar-refractivity contribution < 1.29 is 19.1 Å². The molecule has 3 fully saturated rings. The van der Waals surface area contributed by atoms with Crippen molar-refractivity contribution >= 4 is 39.5 Å². The van der Waals surface area contributed by atoms with E-state index in [0.29, 0.717) is 31.2 Å². The van der Waals surface area contributed by atoms with Gasteiger partial charge in [-0.05, 0) is 40.5 Å². The molecule has 4 rings (SSSR count). The fourth-order valence-corrected chi connectivity index (χ4v) is 3.96. The van der Waals surface area contributed by atoms with Crippen LogP contribution in [-0.2, 0) is 9.53 Å². The lowest BCUT2D eigenvalue weighted by Gasteiger charge is -2.45. The van der Waals surface area contributed by atoms with Crippen LogP contribution in [-0.4, -0.2) is 72.8 Å². The van der Waals surface area contributed by atoms with Crippen LogP contribution < -0.4 is 10.1 Å². The average Bonchev–Trinajstić information content (AvgIpc) is 2.59. The van der Waals surface area contributed by atoms with E-state index in [4.69, 9.17) is 21.1 Å². The van der Waals surface area contributed by atoms with Gasteiger partial charge in [0.25, 0.3) is 0 Å². The predicted molar refractivity (Wildman–Crippen MR) is 98.4 cm³/mol. The molecule has 9 heteroatoms. The van der Waals surface area contributed by atoms with Crippen LogP contribution in [0.1, 0.15) is 6.42 Å². The lowest BCUT2D eigenvalue weighted by atomic mass is 10.0. The van der Waals surface area contributed by atoms with Crippen molar-refractivity contribution in [2.45, 2.75) is 24.7 Å². The fraction of sp³-hybridized carbons (Fsp3) is 0.529. The molecule has 3 aliphatic heterocycles. The fourth-order valence-electron chi connectivity index (χ4n) is 3.49. The number of nitrogens with one attached hydrogen (secondary N) is 1. The Kier molecular flexibility index (Phi) is 4.98. The minimum atomic E-state index is -0.118. The molecular formula is C17H19BrClN3O4. The summed E-state index contributed by atoms with van der Waals surface area (Å²) in [5, 5.41) is 3.54. The molecule has 0 bridgehead atoms. The minimum absolute atomic E-state index is 0.00701. The summed E-state index contributed by atoms with van der Waals surface area (Å²) in [6.07, 6.45) is 0.721. The summed E-state index contributed by atoms with van der Waals surface area (Å²) in [6, 6.07) is 5.28. The first-order valence-corrected chi connectivity index (χ1v) is 9.73. The van der Waals surface area contributed by atoms with E-state index in [1.54, 1.807) is 15.9 Å². The summed E-state index contributed by atoms with van der Waals surface area (Å²) in [4.78, 5) is 27.7. The number of carbonyl (C=O) groups excluding carboxylic acids is 2. The van der Waals surface area contributed by atoms with Crippen molar-refractivity contribution in [2.24, 2.45) is 0 Å². The van der Waals surface area contributed by atoms with E-state index in [9.17, 15) is 9.59 Å². The first kappa shape index (κ1) is 17.9. The Hall–Kier alpha value is -1.51. The molecule has 2 atom stereocenters. The van der Waals surface area contributed by atoms with Crippen molar-refractivity contribution in [1.82, 2.24) is 15.1 Å². The number of halogens is 2. The average molecular weight is 445 g/mol. The number of likely N-dealkylation sites (tertiary alicyclic amines) is 2. The first-order chi connectivity index (χ1) is 12.5. The maximum absolute atomic E-state index is 12.7. The molecule has 0 saturated carbocycles. The molecular weight excluding hydrogens is 426 g/mol. The number of ether oxygens (including phenoxy) is 2. The molecule has 0 unspecified atom stereocenters.